The van der Waals surface area contributed by atoms with E-state index in [1.165, 1.54) is 31.4 Å². The van der Waals surface area contributed by atoms with Crippen LogP contribution in [-0.4, -0.2) is 80.2 Å². The van der Waals surface area contributed by atoms with Crippen LogP contribution < -0.4 is 14.9 Å². The first-order valence-electron chi connectivity index (χ1n) is 10.0. The summed E-state index contributed by atoms with van der Waals surface area (Å²) in [5.74, 6) is -2.01. The van der Waals surface area contributed by atoms with Crippen molar-refractivity contribution in [1.29, 1.82) is 0 Å². The molecule has 5 atom stereocenters. The van der Waals surface area contributed by atoms with Crippen LogP contribution >= 0.6 is 0 Å². The van der Waals surface area contributed by atoms with E-state index in [0.29, 0.717) is 0 Å². The largest absolute Gasteiger partial charge is 0.504 e. The molecule has 7 N–H and O–H groups in total. The van der Waals surface area contributed by atoms with E-state index in [9.17, 15) is 40.5 Å². The number of phenolic OH excluding ortho intramolecular Hbond substituents is 3. The van der Waals surface area contributed by atoms with Gasteiger partial charge in [0.15, 0.2) is 28.4 Å². The number of aliphatic hydroxyl groups is 4. The van der Waals surface area contributed by atoms with Gasteiger partial charge in [0.25, 0.3) is 0 Å². The van der Waals surface area contributed by atoms with E-state index >= 15 is 0 Å². The van der Waals surface area contributed by atoms with Crippen LogP contribution in [-0.2, 0) is 4.74 Å². The molecule has 182 valence electrons. The summed E-state index contributed by atoms with van der Waals surface area (Å²) in [7, 11) is 1.24. The summed E-state index contributed by atoms with van der Waals surface area (Å²) < 4.78 is 21.7. The average molecular weight is 478 g/mol. The molecule has 0 spiro atoms. The quantitative estimate of drug-likeness (QED) is 0.238. The third-order valence-electron chi connectivity index (χ3n) is 5.48. The predicted molar refractivity (Wildman–Crippen MR) is 114 cm³/mol. The lowest BCUT2D eigenvalue weighted by Crippen LogP contribution is -2.60. The lowest BCUT2D eigenvalue weighted by Gasteiger charge is -2.39. The van der Waals surface area contributed by atoms with Gasteiger partial charge in [-0.2, -0.15) is 0 Å². The number of hydrogen-bond donors (Lipinski definition) is 7. The summed E-state index contributed by atoms with van der Waals surface area (Å²) in [6.45, 7) is -0.690. The number of aromatic hydroxyl groups is 3. The number of ether oxygens (including phenoxy) is 3. The van der Waals surface area contributed by atoms with Crippen LogP contribution in [0.1, 0.15) is 0 Å². The molecule has 2 heterocycles. The first-order valence-corrected chi connectivity index (χ1v) is 10.0. The lowest BCUT2D eigenvalue weighted by molar-refractivity contribution is -0.277. The molecule has 34 heavy (non-hydrogen) atoms. The van der Waals surface area contributed by atoms with Crippen molar-refractivity contribution in [2.45, 2.75) is 30.7 Å². The van der Waals surface area contributed by atoms with Crippen LogP contribution in [0.2, 0.25) is 0 Å². The highest BCUT2D eigenvalue weighted by atomic mass is 16.7. The van der Waals surface area contributed by atoms with E-state index in [1.54, 1.807) is 0 Å². The molecule has 0 bridgehead atoms. The summed E-state index contributed by atoms with van der Waals surface area (Å²) in [4.78, 5) is 12.8. The van der Waals surface area contributed by atoms with E-state index in [2.05, 4.69) is 0 Å². The first kappa shape index (κ1) is 23.6. The van der Waals surface area contributed by atoms with Gasteiger partial charge in [-0.05, 0) is 18.2 Å². The van der Waals surface area contributed by atoms with Gasteiger partial charge in [-0.25, -0.2) is 0 Å². The minimum absolute atomic E-state index is 0.0249. The van der Waals surface area contributed by atoms with Crippen molar-refractivity contribution in [2.75, 3.05) is 13.7 Å². The van der Waals surface area contributed by atoms with Crippen molar-refractivity contribution in [3.63, 3.8) is 0 Å². The highest BCUT2D eigenvalue weighted by Crippen LogP contribution is 2.44. The van der Waals surface area contributed by atoms with Crippen LogP contribution in [0.4, 0.5) is 0 Å². The third kappa shape index (κ3) is 3.97. The fraction of sp³-hybridized carbons (Fsp3) is 0.318. The number of methoxy groups -OCH3 is 1. The molecule has 1 aliphatic heterocycles. The summed E-state index contributed by atoms with van der Waals surface area (Å²) in [6.07, 6.45) is -8.00. The van der Waals surface area contributed by atoms with Gasteiger partial charge in [0.05, 0.1) is 13.7 Å². The van der Waals surface area contributed by atoms with Gasteiger partial charge in [-0.3, -0.25) is 4.79 Å². The van der Waals surface area contributed by atoms with Gasteiger partial charge < -0.3 is 54.4 Å². The minimum atomic E-state index is -1.77. The maximum atomic E-state index is 12.8. The van der Waals surface area contributed by atoms with E-state index < -0.39 is 60.0 Å². The van der Waals surface area contributed by atoms with Gasteiger partial charge >= 0.3 is 0 Å². The van der Waals surface area contributed by atoms with Crippen LogP contribution in [0.15, 0.2) is 39.5 Å². The van der Waals surface area contributed by atoms with Crippen molar-refractivity contribution >= 4 is 11.0 Å². The lowest BCUT2D eigenvalue weighted by atomic mass is 9.99. The molecule has 12 heteroatoms. The van der Waals surface area contributed by atoms with Crippen molar-refractivity contribution in [3.8, 4) is 40.1 Å². The van der Waals surface area contributed by atoms with Gasteiger partial charge in [0.2, 0.25) is 12.0 Å². The number of hydrogen-bond acceptors (Lipinski definition) is 12. The molecule has 1 aliphatic rings. The maximum absolute atomic E-state index is 12.8. The molecule has 0 aliphatic carbocycles. The van der Waals surface area contributed by atoms with Gasteiger partial charge in [0.1, 0.15) is 41.1 Å². The number of phenols is 3. The van der Waals surface area contributed by atoms with Crippen LogP contribution in [0.3, 0.4) is 0 Å². The number of rotatable bonds is 5. The highest BCUT2D eigenvalue weighted by Gasteiger charge is 2.45. The number of benzene rings is 2. The second-order valence-electron chi connectivity index (χ2n) is 7.62. The molecule has 3 aromatic rings. The highest BCUT2D eigenvalue weighted by molar-refractivity contribution is 5.89. The molecule has 1 aromatic heterocycles. The first-order chi connectivity index (χ1) is 16.2. The van der Waals surface area contributed by atoms with Crippen molar-refractivity contribution in [3.05, 3.63) is 40.6 Å². The SMILES string of the molecule is COc1cc2oc(-c3ccc(O)c(O)c3)cc(=O)c2c(O)c1O[C@@H]1O[C@H](CO)[C@H](O)[C@@H](O)[C@H]1O. The number of fused-ring (bicyclic) bond motifs is 1. The molecule has 0 saturated carbocycles. The molecule has 1 saturated heterocycles. The maximum Gasteiger partial charge on any atom is 0.229 e. The third-order valence-corrected chi connectivity index (χ3v) is 5.48. The molecule has 0 radical (unpaired) electrons. The summed E-state index contributed by atoms with van der Waals surface area (Å²) in [5.41, 5.74) is -0.525. The molecule has 12 nitrogen and oxygen atoms in total. The van der Waals surface area contributed by atoms with Crippen LogP contribution in [0.25, 0.3) is 22.3 Å². The van der Waals surface area contributed by atoms with Crippen LogP contribution in [0, 0.1) is 0 Å². The van der Waals surface area contributed by atoms with Gasteiger partial charge in [-0.15, -0.1) is 0 Å². The fourth-order valence-corrected chi connectivity index (χ4v) is 3.63. The Bertz CT molecular complexity index is 1270. The molecule has 0 unspecified atom stereocenters. The zero-order chi connectivity index (χ0) is 24.7. The average Bonchev–Trinajstić information content (AvgIpc) is 2.81. The van der Waals surface area contributed by atoms with Crippen molar-refractivity contribution in [1.82, 2.24) is 0 Å². The Kier molecular flexibility index (Phi) is 6.25. The van der Waals surface area contributed by atoms with Crippen LogP contribution in [0.5, 0.6) is 28.7 Å². The molecule has 4 rings (SSSR count). The topological polar surface area (TPSA) is 200 Å². The second-order valence-corrected chi connectivity index (χ2v) is 7.62. The van der Waals surface area contributed by atoms with E-state index in [-0.39, 0.29) is 33.8 Å². The van der Waals surface area contributed by atoms with E-state index in [4.69, 9.17) is 18.6 Å². The Morgan fingerprint density at radius 1 is 0.971 bits per heavy atom. The normalized spacial score (nSPS) is 24.8. The van der Waals surface area contributed by atoms with Crippen molar-refractivity contribution < 1.29 is 54.4 Å². The zero-order valence-corrected chi connectivity index (χ0v) is 17.7. The minimum Gasteiger partial charge on any atom is -0.504 e. The van der Waals surface area contributed by atoms with Crippen molar-refractivity contribution in [2.24, 2.45) is 0 Å². The van der Waals surface area contributed by atoms with E-state index in [0.717, 1.165) is 6.07 Å². The Hall–Kier alpha value is -3.55. The van der Waals surface area contributed by atoms with Gasteiger partial charge in [0, 0.05) is 17.7 Å². The Labute approximate surface area is 191 Å². The number of aliphatic hydroxyl groups excluding tert-OH is 4. The molecular weight excluding hydrogens is 456 g/mol. The predicted octanol–water partition coefficient (Wildman–Crippen LogP) is -0.236. The standard InChI is InChI=1S/C22H22O12/c1-31-14-6-13-16(11(26)5-12(32-13)8-2-3-9(24)10(25)4-8)18(28)21(14)34-22-20(30)19(29)17(27)15(7-23)33-22/h2-6,15,17,19-20,22-25,27-30H,7H2,1H3/t15-,17+,19-,20-,22+/m1/s1. The van der Waals surface area contributed by atoms with Gasteiger partial charge in [-0.1, -0.05) is 0 Å². The Morgan fingerprint density at radius 2 is 1.71 bits per heavy atom. The Morgan fingerprint density at radius 3 is 2.35 bits per heavy atom. The molecule has 2 aromatic carbocycles. The fourth-order valence-electron chi connectivity index (χ4n) is 3.63. The molecule has 1 fully saturated rings. The molecule has 0 amide bonds. The summed E-state index contributed by atoms with van der Waals surface area (Å²) in [6, 6.07) is 6.10. The molecular formula is C22H22O12. The second kappa shape index (κ2) is 9.00. The Balaban J connectivity index is 1.78. The summed E-state index contributed by atoms with van der Waals surface area (Å²) in [5, 5.41) is 69.2. The smallest absolute Gasteiger partial charge is 0.229 e. The van der Waals surface area contributed by atoms with E-state index in [1.807, 2.05) is 0 Å². The zero-order valence-electron chi connectivity index (χ0n) is 17.7. The monoisotopic (exact) mass is 478 g/mol. The summed E-state index contributed by atoms with van der Waals surface area (Å²) >= 11 is 0.